The fraction of sp³-hybridized carbons (Fsp3) is 0.643. The quantitative estimate of drug-likeness (QED) is 0.619. The molecule has 2 aliphatic heterocycles. The minimum absolute atomic E-state index is 0.197. The topological polar surface area (TPSA) is 90.8 Å². The Morgan fingerprint density at radius 2 is 2.42 bits per heavy atom. The highest BCUT2D eigenvalue weighted by Crippen LogP contribution is 2.28. The first kappa shape index (κ1) is 17.1. The molecule has 2 saturated heterocycles. The number of rotatable bonds is 3. The molecule has 8 nitrogen and oxygen atoms in total. The van der Waals surface area contributed by atoms with Crippen LogP contribution in [0.4, 0.5) is 15.0 Å². The third-order valence-electron chi connectivity index (χ3n) is 4.18. The van der Waals surface area contributed by atoms with Crippen LogP contribution >= 0.6 is 11.6 Å². The van der Waals surface area contributed by atoms with E-state index in [0.29, 0.717) is 25.2 Å². The Kier molecular flexibility index (Phi) is 5.32. The van der Waals surface area contributed by atoms with Gasteiger partial charge in [0.25, 0.3) is 0 Å². The Morgan fingerprint density at radius 3 is 3.12 bits per heavy atom. The van der Waals surface area contributed by atoms with Gasteiger partial charge in [-0.1, -0.05) is 11.6 Å². The molecule has 4 unspecified atom stereocenters. The molecule has 0 aliphatic carbocycles. The number of carboxylic acid groups (broad SMARTS) is 1. The number of nitrogens with zero attached hydrogens (tertiary/aromatic N) is 4. The zero-order chi connectivity index (χ0) is 17.1. The summed E-state index contributed by atoms with van der Waals surface area (Å²) in [6.07, 6.45) is 0.853. The van der Waals surface area contributed by atoms with Crippen molar-refractivity contribution in [3.05, 3.63) is 18.6 Å². The summed E-state index contributed by atoms with van der Waals surface area (Å²) >= 11 is 6.01. The number of aromatic nitrogens is 2. The van der Waals surface area contributed by atoms with Crippen molar-refractivity contribution >= 4 is 23.5 Å². The molecule has 132 valence electrons. The number of piperidine rings is 1. The van der Waals surface area contributed by atoms with E-state index < -0.39 is 24.2 Å². The molecular formula is C14H19ClFN5O3. The Morgan fingerprint density at radius 1 is 1.58 bits per heavy atom. The van der Waals surface area contributed by atoms with E-state index in [9.17, 15) is 14.3 Å². The van der Waals surface area contributed by atoms with Crippen molar-refractivity contribution in [1.29, 1.82) is 0 Å². The number of hydrogen-bond acceptors (Lipinski definition) is 6. The van der Waals surface area contributed by atoms with Gasteiger partial charge < -0.3 is 19.6 Å². The second-order valence-electron chi connectivity index (χ2n) is 5.75. The molecule has 0 radical (unpaired) electrons. The molecule has 2 aliphatic rings. The summed E-state index contributed by atoms with van der Waals surface area (Å²) in [7, 11) is 0. The van der Waals surface area contributed by atoms with Crippen LogP contribution in [0.1, 0.15) is 12.8 Å². The molecule has 3 rings (SSSR count). The fourth-order valence-electron chi connectivity index (χ4n) is 3.10. The van der Waals surface area contributed by atoms with Crippen LogP contribution in [0.2, 0.25) is 0 Å². The van der Waals surface area contributed by atoms with Crippen molar-refractivity contribution in [1.82, 2.24) is 20.2 Å². The number of amides is 1. The van der Waals surface area contributed by atoms with Gasteiger partial charge in [-0.05, 0) is 18.9 Å². The normalized spacial score (nSPS) is 30.8. The Hall–Kier alpha value is -1.71. The van der Waals surface area contributed by atoms with Crippen molar-refractivity contribution in [3.63, 3.8) is 0 Å². The van der Waals surface area contributed by atoms with E-state index in [1.54, 1.807) is 17.2 Å². The van der Waals surface area contributed by atoms with Crippen LogP contribution in [0.25, 0.3) is 0 Å². The second kappa shape index (κ2) is 7.45. The summed E-state index contributed by atoms with van der Waals surface area (Å²) in [6.45, 7) is 0.909. The first-order chi connectivity index (χ1) is 11.6. The molecule has 4 atom stereocenters. The van der Waals surface area contributed by atoms with Crippen molar-refractivity contribution in [2.75, 3.05) is 24.5 Å². The van der Waals surface area contributed by atoms with Crippen molar-refractivity contribution in [2.24, 2.45) is 0 Å². The van der Waals surface area contributed by atoms with Crippen LogP contribution in [0.15, 0.2) is 18.6 Å². The SMILES string of the molecule is O=C(O)N1CCCC(N(c2ccncn2)C2OC(Cl)CNC2F)C1. The lowest BCUT2D eigenvalue weighted by Crippen LogP contribution is -2.62. The Labute approximate surface area is 143 Å². The third-order valence-corrected chi connectivity index (χ3v) is 4.43. The van der Waals surface area contributed by atoms with Crippen LogP contribution < -0.4 is 10.2 Å². The third kappa shape index (κ3) is 3.68. The van der Waals surface area contributed by atoms with Crippen LogP contribution in [0.5, 0.6) is 0 Å². The van der Waals surface area contributed by atoms with E-state index in [1.165, 1.54) is 11.2 Å². The smallest absolute Gasteiger partial charge is 0.407 e. The molecule has 0 bridgehead atoms. The number of likely N-dealkylation sites (tertiary alicyclic amines) is 1. The van der Waals surface area contributed by atoms with E-state index >= 15 is 0 Å². The molecule has 10 heteroatoms. The zero-order valence-corrected chi connectivity index (χ0v) is 13.6. The highest BCUT2D eigenvalue weighted by atomic mass is 35.5. The molecule has 0 spiro atoms. The Balaban J connectivity index is 1.89. The minimum Gasteiger partial charge on any atom is -0.465 e. The predicted octanol–water partition coefficient (Wildman–Crippen LogP) is 1.23. The summed E-state index contributed by atoms with van der Waals surface area (Å²) in [4.78, 5) is 22.4. The highest BCUT2D eigenvalue weighted by Gasteiger charge is 2.40. The number of anilines is 1. The van der Waals surface area contributed by atoms with Gasteiger partial charge in [0.15, 0.2) is 12.5 Å². The molecule has 1 aromatic rings. The van der Waals surface area contributed by atoms with E-state index in [4.69, 9.17) is 16.3 Å². The van der Waals surface area contributed by atoms with Crippen LogP contribution in [0.3, 0.4) is 0 Å². The maximum atomic E-state index is 14.5. The predicted molar refractivity (Wildman–Crippen MR) is 84.5 cm³/mol. The maximum absolute atomic E-state index is 14.5. The van der Waals surface area contributed by atoms with E-state index in [1.807, 2.05) is 0 Å². The van der Waals surface area contributed by atoms with Gasteiger partial charge in [-0.15, -0.1) is 0 Å². The lowest BCUT2D eigenvalue weighted by Gasteiger charge is -2.45. The number of alkyl halides is 2. The molecule has 2 N–H and O–H groups in total. The van der Waals surface area contributed by atoms with Gasteiger partial charge in [0.2, 0.25) is 0 Å². The van der Waals surface area contributed by atoms with Crippen LogP contribution in [0, 0.1) is 0 Å². The molecule has 0 aromatic carbocycles. The van der Waals surface area contributed by atoms with Crippen molar-refractivity contribution in [2.45, 2.75) is 37.0 Å². The van der Waals surface area contributed by atoms with Crippen molar-refractivity contribution < 1.29 is 19.0 Å². The van der Waals surface area contributed by atoms with Gasteiger partial charge in [-0.2, -0.15) is 0 Å². The molecule has 1 amide bonds. The fourth-order valence-corrected chi connectivity index (χ4v) is 3.29. The summed E-state index contributed by atoms with van der Waals surface area (Å²) in [5.41, 5.74) is -0.675. The van der Waals surface area contributed by atoms with Gasteiger partial charge in [0.1, 0.15) is 17.7 Å². The maximum Gasteiger partial charge on any atom is 0.407 e. The second-order valence-corrected chi connectivity index (χ2v) is 6.23. The number of halogens is 2. The van der Waals surface area contributed by atoms with E-state index in [0.717, 1.165) is 0 Å². The van der Waals surface area contributed by atoms with E-state index in [2.05, 4.69) is 15.3 Å². The van der Waals surface area contributed by atoms with Gasteiger partial charge in [-0.25, -0.2) is 19.2 Å². The van der Waals surface area contributed by atoms with Gasteiger partial charge in [0, 0.05) is 25.8 Å². The largest absolute Gasteiger partial charge is 0.465 e. The van der Waals surface area contributed by atoms with Crippen LogP contribution in [-0.4, -0.2) is 69.8 Å². The number of hydrogen-bond donors (Lipinski definition) is 2. The number of ether oxygens (including phenoxy) is 1. The average Bonchev–Trinajstić information content (AvgIpc) is 2.59. The lowest BCUT2D eigenvalue weighted by atomic mass is 10.0. The highest BCUT2D eigenvalue weighted by molar-refractivity contribution is 6.19. The van der Waals surface area contributed by atoms with Crippen LogP contribution in [-0.2, 0) is 4.74 Å². The molecule has 3 heterocycles. The average molecular weight is 360 g/mol. The Bertz CT molecular complexity index is 569. The number of morpholine rings is 1. The molecule has 2 fully saturated rings. The number of carbonyl (C=O) groups is 1. The van der Waals surface area contributed by atoms with Gasteiger partial charge in [-0.3, -0.25) is 5.32 Å². The summed E-state index contributed by atoms with van der Waals surface area (Å²) in [6, 6.07) is 1.38. The van der Waals surface area contributed by atoms with E-state index in [-0.39, 0.29) is 19.1 Å². The first-order valence-electron chi connectivity index (χ1n) is 7.75. The summed E-state index contributed by atoms with van der Waals surface area (Å²) < 4.78 is 20.0. The monoisotopic (exact) mass is 359 g/mol. The standard InChI is InChI=1S/C14H19ClFN5O3/c15-10-6-18-12(16)13(24-10)21(11-3-4-17-8-19-11)9-2-1-5-20(7-9)14(22)23/h3-4,8-10,12-13,18H,1-2,5-7H2,(H,22,23). The zero-order valence-electron chi connectivity index (χ0n) is 12.9. The molecule has 1 aromatic heterocycles. The number of nitrogens with one attached hydrogen (secondary N) is 1. The van der Waals surface area contributed by atoms with Gasteiger partial charge in [0.05, 0.1) is 6.04 Å². The first-order valence-corrected chi connectivity index (χ1v) is 8.19. The molecule has 24 heavy (non-hydrogen) atoms. The molecular weight excluding hydrogens is 341 g/mol. The van der Waals surface area contributed by atoms with Gasteiger partial charge >= 0.3 is 6.09 Å². The lowest BCUT2D eigenvalue weighted by molar-refractivity contribution is -0.0710. The molecule has 0 saturated carbocycles. The summed E-state index contributed by atoms with van der Waals surface area (Å²) in [5.74, 6) is 0.474. The van der Waals surface area contributed by atoms with Crippen molar-refractivity contribution in [3.8, 4) is 0 Å². The summed E-state index contributed by atoms with van der Waals surface area (Å²) in [5, 5.41) is 11.9. The minimum atomic E-state index is -1.46.